The molecular weight excluding hydrogens is 224 g/mol. The highest BCUT2D eigenvalue weighted by Gasteiger charge is 2.19. The molecule has 2 aromatic rings. The summed E-state index contributed by atoms with van der Waals surface area (Å²) in [6.07, 6.45) is 4.29. The molecule has 0 unspecified atom stereocenters. The lowest BCUT2D eigenvalue weighted by molar-refractivity contribution is 0.423. The van der Waals surface area contributed by atoms with Crippen LogP contribution in [0.1, 0.15) is 19.4 Å². The van der Waals surface area contributed by atoms with Gasteiger partial charge in [-0.3, -0.25) is 0 Å². The van der Waals surface area contributed by atoms with Crippen LogP contribution in [0.25, 0.3) is 11.0 Å². The van der Waals surface area contributed by atoms with Crippen LogP contribution < -0.4 is 5.32 Å². The smallest absolute Gasteiger partial charge is 0.142 e. The maximum atomic E-state index is 6.08. The molecule has 2 rings (SSSR count). The van der Waals surface area contributed by atoms with E-state index in [0.717, 1.165) is 23.0 Å². The van der Waals surface area contributed by atoms with Crippen molar-refractivity contribution in [3.63, 3.8) is 0 Å². The lowest BCUT2D eigenvalue weighted by Gasteiger charge is -2.23. The molecule has 0 bridgehead atoms. The number of fused-ring (bicyclic) bond motifs is 1. The Kier molecular flexibility index (Phi) is 2.86. The van der Waals surface area contributed by atoms with E-state index in [0.29, 0.717) is 5.15 Å². The number of aromatic amines is 1. The summed E-state index contributed by atoms with van der Waals surface area (Å²) in [5.74, 6) is 0. The zero-order chi connectivity index (χ0) is 11.8. The largest absolute Gasteiger partial charge is 0.346 e. The third-order valence-corrected chi connectivity index (χ3v) is 3.10. The second-order valence-corrected chi connectivity index (χ2v) is 4.87. The van der Waals surface area contributed by atoms with Gasteiger partial charge >= 0.3 is 0 Å². The van der Waals surface area contributed by atoms with Gasteiger partial charge in [-0.25, -0.2) is 9.97 Å². The van der Waals surface area contributed by atoms with Gasteiger partial charge in [0.1, 0.15) is 17.1 Å². The van der Waals surface area contributed by atoms with Crippen molar-refractivity contribution in [2.45, 2.75) is 25.8 Å². The van der Waals surface area contributed by atoms with E-state index in [-0.39, 0.29) is 5.54 Å². The topological polar surface area (TPSA) is 53.6 Å². The van der Waals surface area contributed by atoms with Crippen LogP contribution in [0.2, 0.25) is 5.15 Å². The summed E-state index contributed by atoms with van der Waals surface area (Å²) in [6.45, 7) is 4.28. The molecule has 16 heavy (non-hydrogen) atoms. The first-order valence-electron chi connectivity index (χ1n) is 5.19. The highest BCUT2D eigenvalue weighted by molar-refractivity contribution is 6.34. The number of nitrogens with zero attached hydrogens (tertiary/aromatic N) is 2. The number of nitrogens with one attached hydrogen (secondary N) is 2. The summed E-state index contributed by atoms with van der Waals surface area (Å²) in [5.41, 5.74) is 1.95. The molecule has 0 saturated heterocycles. The Labute approximate surface area is 99.4 Å². The van der Waals surface area contributed by atoms with Gasteiger partial charge in [0.25, 0.3) is 0 Å². The Morgan fingerprint density at radius 1 is 1.44 bits per heavy atom. The third kappa shape index (κ3) is 2.03. The molecule has 0 atom stereocenters. The van der Waals surface area contributed by atoms with Gasteiger partial charge in [0.2, 0.25) is 0 Å². The van der Waals surface area contributed by atoms with Gasteiger partial charge in [-0.1, -0.05) is 11.6 Å². The van der Waals surface area contributed by atoms with Crippen LogP contribution in [-0.2, 0) is 6.42 Å². The summed E-state index contributed by atoms with van der Waals surface area (Å²) in [4.78, 5) is 11.3. The van der Waals surface area contributed by atoms with Gasteiger partial charge in [-0.2, -0.15) is 0 Å². The van der Waals surface area contributed by atoms with Crippen molar-refractivity contribution in [1.82, 2.24) is 20.3 Å². The third-order valence-electron chi connectivity index (χ3n) is 2.81. The van der Waals surface area contributed by atoms with Crippen LogP contribution in [-0.4, -0.2) is 27.5 Å². The first-order chi connectivity index (χ1) is 7.53. The second kappa shape index (κ2) is 4.03. The number of H-pyrrole nitrogens is 1. The van der Waals surface area contributed by atoms with E-state index >= 15 is 0 Å². The minimum atomic E-state index is 0.0221. The molecule has 0 aliphatic rings. The number of hydrogen-bond acceptors (Lipinski definition) is 3. The van der Waals surface area contributed by atoms with Crippen molar-refractivity contribution in [1.29, 1.82) is 0 Å². The Balaban J connectivity index is 2.46. The molecule has 0 saturated carbocycles. The average Bonchev–Trinajstić information content (AvgIpc) is 2.62. The zero-order valence-electron chi connectivity index (χ0n) is 9.63. The minimum absolute atomic E-state index is 0.0221. The van der Waals surface area contributed by atoms with Gasteiger partial charge < -0.3 is 10.3 Å². The maximum absolute atomic E-state index is 6.08. The van der Waals surface area contributed by atoms with Crippen LogP contribution >= 0.6 is 11.6 Å². The molecular formula is C11H15ClN4. The summed E-state index contributed by atoms with van der Waals surface area (Å²) in [5, 5.41) is 4.70. The van der Waals surface area contributed by atoms with Gasteiger partial charge in [-0.15, -0.1) is 0 Å². The fourth-order valence-corrected chi connectivity index (χ4v) is 1.94. The lowest BCUT2D eigenvalue weighted by Crippen LogP contribution is -2.38. The molecule has 0 radical (unpaired) electrons. The quantitative estimate of drug-likeness (QED) is 0.806. The van der Waals surface area contributed by atoms with Gasteiger partial charge in [0, 0.05) is 11.7 Å². The fraction of sp³-hybridized carbons (Fsp3) is 0.455. The number of likely N-dealkylation sites (N-methyl/N-ethyl adjacent to an activating group) is 1. The van der Waals surface area contributed by atoms with E-state index < -0.39 is 0 Å². The van der Waals surface area contributed by atoms with Crippen LogP contribution in [0.5, 0.6) is 0 Å². The summed E-state index contributed by atoms with van der Waals surface area (Å²) in [7, 11) is 1.95. The fourth-order valence-electron chi connectivity index (χ4n) is 1.69. The highest BCUT2D eigenvalue weighted by Crippen LogP contribution is 2.25. The molecule has 2 aromatic heterocycles. The normalized spacial score (nSPS) is 12.2. The van der Waals surface area contributed by atoms with E-state index in [1.807, 2.05) is 13.2 Å². The molecule has 2 heterocycles. The van der Waals surface area contributed by atoms with Crippen molar-refractivity contribution >= 4 is 22.6 Å². The molecule has 0 fully saturated rings. The van der Waals surface area contributed by atoms with Crippen molar-refractivity contribution in [3.8, 4) is 0 Å². The van der Waals surface area contributed by atoms with E-state index in [4.69, 9.17) is 11.6 Å². The molecule has 0 aromatic carbocycles. The first-order valence-corrected chi connectivity index (χ1v) is 5.57. The van der Waals surface area contributed by atoms with E-state index in [2.05, 4.69) is 34.1 Å². The molecule has 0 amide bonds. The number of hydrogen-bond donors (Lipinski definition) is 2. The lowest BCUT2D eigenvalue weighted by atomic mass is 9.96. The molecule has 0 aliphatic heterocycles. The van der Waals surface area contributed by atoms with E-state index in [1.54, 1.807) is 0 Å². The van der Waals surface area contributed by atoms with Gasteiger partial charge in [0.15, 0.2) is 0 Å². The van der Waals surface area contributed by atoms with Gasteiger partial charge in [-0.05, 0) is 32.9 Å². The van der Waals surface area contributed by atoms with Crippen molar-refractivity contribution in [3.05, 3.63) is 23.2 Å². The maximum Gasteiger partial charge on any atom is 0.142 e. The van der Waals surface area contributed by atoms with E-state index in [9.17, 15) is 0 Å². The highest BCUT2D eigenvalue weighted by atomic mass is 35.5. The number of halogens is 1. The predicted molar refractivity (Wildman–Crippen MR) is 65.7 cm³/mol. The Bertz CT molecular complexity index is 504. The molecule has 5 heteroatoms. The average molecular weight is 239 g/mol. The standard InChI is InChI=1S/C11H15ClN4/c1-11(2,13-3)4-7-5-14-10-8(7)9(12)15-6-16-10/h5-6,13H,4H2,1-3H3,(H,14,15,16). The summed E-state index contributed by atoms with van der Waals surface area (Å²) in [6, 6.07) is 0. The monoisotopic (exact) mass is 238 g/mol. The molecule has 86 valence electrons. The first kappa shape index (κ1) is 11.4. The van der Waals surface area contributed by atoms with Crippen LogP contribution in [0.3, 0.4) is 0 Å². The number of rotatable bonds is 3. The molecule has 2 N–H and O–H groups in total. The zero-order valence-corrected chi connectivity index (χ0v) is 10.4. The number of aromatic nitrogens is 3. The van der Waals surface area contributed by atoms with Crippen LogP contribution in [0.15, 0.2) is 12.5 Å². The second-order valence-electron chi connectivity index (χ2n) is 4.51. The van der Waals surface area contributed by atoms with Crippen molar-refractivity contribution < 1.29 is 0 Å². The summed E-state index contributed by atoms with van der Waals surface area (Å²) >= 11 is 6.08. The molecule has 0 spiro atoms. The van der Waals surface area contributed by atoms with Crippen LogP contribution in [0.4, 0.5) is 0 Å². The Hall–Kier alpha value is -1.13. The van der Waals surface area contributed by atoms with Crippen LogP contribution in [0, 0.1) is 0 Å². The molecule has 4 nitrogen and oxygen atoms in total. The predicted octanol–water partition coefficient (Wildman–Crippen LogP) is 2.15. The summed E-state index contributed by atoms with van der Waals surface area (Å²) < 4.78 is 0. The van der Waals surface area contributed by atoms with Gasteiger partial charge in [0.05, 0.1) is 5.39 Å². The SMILES string of the molecule is CNC(C)(C)Cc1c[nH]c2ncnc(Cl)c12. The van der Waals surface area contributed by atoms with Crippen molar-refractivity contribution in [2.75, 3.05) is 7.05 Å². The Morgan fingerprint density at radius 2 is 2.19 bits per heavy atom. The minimum Gasteiger partial charge on any atom is -0.346 e. The molecule has 0 aliphatic carbocycles. The van der Waals surface area contributed by atoms with Crippen molar-refractivity contribution in [2.24, 2.45) is 0 Å². The Morgan fingerprint density at radius 3 is 2.88 bits per heavy atom. The van der Waals surface area contributed by atoms with E-state index in [1.165, 1.54) is 6.33 Å².